The molecular formula is C20H33N5O6S. The predicted octanol–water partition coefficient (Wildman–Crippen LogP) is -1.12. The minimum absolute atomic E-state index is 0.0404. The van der Waals surface area contributed by atoms with Crippen LogP contribution < -0.4 is 16.8 Å². The Morgan fingerprint density at radius 1 is 1.06 bits per heavy atom. The number of nitrogens with two attached hydrogens (primary N) is 2. The number of thioether (sulfide) groups is 1. The summed E-state index contributed by atoms with van der Waals surface area (Å²) in [5.74, 6) is -2.29. The number of amides is 4. The Hall–Kier alpha value is -2.34. The maximum atomic E-state index is 13.3. The number of rotatable bonds is 11. The molecule has 0 aromatic heterocycles. The molecule has 4 unspecified atom stereocenters. The van der Waals surface area contributed by atoms with Crippen LogP contribution in [0.15, 0.2) is 0 Å². The molecule has 2 fully saturated rings. The molecule has 0 aliphatic carbocycles. The molecule has 4 atom stereocenters. The summed E-state index contributed by atoms with van der Waals surface area (Å²) in [5, 5.41) is 12.1. The lowest BCUT2D eigenvalue weighted by Crippen LogP contribution is -2.57. The van der Waals surface area contributed by atoms with Crippen LogP contribution in [0.5, 0.6) is 0 Å². The van der Waals surface area contributed by atoms with Crippen LogP contribution in [0.2, 0.25) is 0 Å². The SMILES string of the molecule is CSCCC(NC(=O)C(N)CCC(N)=O)C(=O)N1CCCC1C(=O)N1CCCC1C(=O)O. The maximum Gasteiger partial charge on any atom is 0.326 e. The number of nitrogens with zero attached hydrogens (tertiary/aromatic N) is 2. The smallest absolute Gasteiger partial charge is 0.326 e. The Balaban J connectivity index is 2.10. The van der Waals surface area contributed by atoms with Crippen molar-refractivity contribution in [2.24, 2.45) is 11.5 Å². The summed E-state index contributed by atoms with van der Waals surface area (Å²) in [5.41, 5.74) is 10.9. The lowest BCUT2D eigenvalue weighted by atomic mass is 10.1. The van der Waals surface area contributed by atoms with Crippen LogP contribution >= 0.6 is 11.8 Å². The largest absolute Gasteiger partial charge is 0.480 e. The molecule has 2 heterocycles. The van der Waals surface area contributed by atoms with E-state index in [0.717, 1.165) is 0 Å². The standard InChI is InChI=1S/C20H33N5O6S/c1-32-11-8-13(23-17(27)12(21)6-7-16(22)26)18(28)24-9-2-4-14(24)19(29)25-10-3-5-15(25)20(30)31/h12-15H,2-11,21H2,1H3,(H2,22,26)(H,23,27)(H,30,31). The first-order valence-corrected chi connectivity index (χ1v) is 12.2. The van der Waals surface area contributed by atoms with Crippen molar-refractivity contribution in [2.75, 3.05) is 25.1 Å². The second-order valence-electron chi connectivity index (χ2n) is 8.17. The number of carbonyl (C=O) groups is 5. The molecule has 2 rings (SSSR count). The van der Waals surface area contributed by atoms with Gasteiger partial charge in [-0.05, 0) is 50.5 Å². The van der Waals surface area contributed by atoms with Crippen LogP contribution in [0.25, 0.3) is 0 Å². The zero-order chi connectivity index (χ0) is 23.8. The number of likely N-dealkylation sites (tertiary alicyclic amines) is 2. The van der Waals surface area contributed by atoms with E-state index in [-0.39, 0.29) is 24.7 Å². The third-order valence-electron chi connectivity index (χ3n) is 5.91. The summed E-state index contributed by atoms with van der Waals surface area (Å²) < 4.78 is 0. The maximum absolute atomic E-state index is 13.3. The van der Waals surface area contributed by atoms with Crippen LogP contribution in [0.4, 0.5) is 0 Å². The molecule has 32 heavy (non-hydrogen) atoms. The number of carboxylic acid groups (broad SMARTS) is 1. The summed E-state index contributed by atoms with van der Waals surface area (Å²) in [7, 11) is 0. The van der Waals surface area contributed by atoms with Crippen LogP contribution in [0.1, 0.15) is 44.9 Å². The van der Waals surface area contributed by atoms with E-state index in [1.165, 1.54) is 21.6 Å². The number of nitrogens with one attached hydrogen (secondary N) is 1. The van der Waals surface area contributed by atoms with Crippen LogP contribution in [0, 0.1) is 0 Å². The van der Waals surface area contributed by atoms with Crippen molar-refractivity contribution < 1.29 is 29.1 Å². The number of carboxylic acids is 1. The fourth-order valence-corrected chi connectivity index (χ4v) is 4.64. The van der Waals surface area contributed by atoms with Crippen molar-refractivity contribution in [1.29, 1.82) is 0 Å². The number of hydrogen-bond donors (Lipinski definition) is 4. The third kappa shape index (κ3) is 6.58. The van der Waals surface area contributed by atoms with Crippen LogP contribution in [-0.4, -0.2) is 93.8 Å². The van der Waals surface area contributed by atoms with E-state index in [1.54, 1.807) is 0 Å². The molecule has 0 bridgehead atoms. The highest BCUT2D eigenvalue weighted by molar-refractivity contribution is 7.98. The lowest BCUT2D eigenvalue weighted by molar-refractivity contribution is -0.152. The molecule has 180 valence electrons. The first-order chi connectivity index (χ1) is 15.2. The average molecular weight is 472 g/mol. The van der Waals surface area contributed by atoms with E-state index >= 15 is 0 Å². The van der Waals surface area contributed by atoms with Gasteiger partial charge >= 0.3 is 5.97 Å². The Bertz CT molecular complexity index is 735. The van der Waals surface area contributed by atoms with Gasteiger partial charge in [0.05, 0.1) is 6.04 Å². The van der Waals surface area contributed by atoms with Gasteiger partial charge < -0.3 is 31.7 Å². The average Bonchev–Trinajstić information content (AvgIpc) is 3.43. The molecule has 11 nitrogen and oxygen atoms in total. The summed E-state index contributed by atoms with van der Waals surface area (Å²) in [6, 6.07) is -3.45. The van der Waals surface area contributed by atoms with Crippen LogP contribution in [-0.2, 0) is 24.0 Å². The Morgan fingerprint density at radius 3 is 2.28 bits per heavy atom. The molecule has 0 saturated carbocycles. The highest BCUT2D eigenvalue weighted by atomic mass is 32.2. The molecule has 2 aliphatic heterocycles. The molecule has 0 aromatic rings. The molecule has 4 amide bonds. The van der Waals surface area contributed by atoms with Gasteiger partial charge in [-0.15, -0.1) is 0 Å². The summed E-state index contributed by atoms with van der Waals surface area (Å²) in [4.78, 5) is 64.2. The summed E-state index contributed by atoms with van der Waals surface area (Å²) in [6.45, 7) is 0.718. The normalized spacial score (nSPS) is 22.4. The number of primary amides is 1. The summed E-state index contributed by atoms with van der Waals surface area (Å²) in [6.07, 6.45) is 4.35. The van der Waals surface area contributed by atoms with E-state index in [4.69, 9.17) is 11.5 Å². The first kappa shape index (κ1) is 25.9. The van der Waals surface area contributed by atoms with Crippen molar-refractivity contribution >= 4 is 41.4 Å². The molecule has 12 heteroatoms. The van der Waals surface area contributed by atoms with Gasteiger partial charge in [-0.25, -0.2) is 4.79 Å². The molecule has 0 radical (unpaired) electrons. The molecule has 2 saturated heterocycles. The van der Waals surface area contributed by atoms with Gasteiger partial charge in [-0.3, -0.25) is 19.2 Å². The fourth-order valence-electron chi connectivity index (χ4n) is 4.17. The van der Waals surface area contributed by atoms with Crippen molar-refractivity contribution in [2.45, 2.75) is 69.1 Å². The van der Waals surface area contributed by atoms with E-state index in [2.05, 4.69) is 5.32 Å². The van der Waals surface area contributed by atoms with Crippen molar-refractivity contribution in [3.8, 4) is 0 Å². The van der Waals surface area contributed by atoms with Gasteiger partial charge in [0.1, 0.15) is 18.1 Å². The van der Waals surface area contributed by atoms with E-state index < -0.39 is 42.0 Å². The van der Waals surface area contributed by atoms with Crippen molar-refractivity contribution in [3.63, 3.8) is 0 Å². The van der Waals surface area contributed by atoms with Gasteiger partial charge in [0.2, 0.25) is 23.6 Å². The highest BCUT2D eigenvalue weighted by Gasteiger charge is 2.43. The minimum Gasteiger partial charge on any atom is -0.480 e. The molecular weight excluding hydrogens is 438 g/mol. The zero-order valence-corrected chi connectivity index (χ0v) is 19.1. The van der Waals surface area contributed by atoms with E-state index in [0.29, 0.717) is 50.9 Å². The van der Waals surface area contributed by atoms with Crippen LogP contribution in [0.3, 0.4) is 0 Å². The van der Waals surface area contributed by atoms with E-state index in [1.807, 2.05) is 6.26 Å². The zero-order valence-electron chi connectivity index (χ0n) is 18.3. The van der Waals surface area contributed by atoms with Gasteiger partial charge in [0.15, 0.2) is 0 Å². The molecule has 2 aliphatic rings. The van der Waals surface area contributed by atoms with Gasteiger partial charge in [0.25, 0.3) is 0 Å². The topological polar surface area (TPSA) is 176 Å². The second kappa shape index (κ2) is 12.0. The quantitative estimate of drug-likeness (QED) is 0.293. The molecule has 0 spiro atoms. The summed E-state index contributed by atoms with van der Waals surface area (Å²) >= 11 is 1.52. The monoisotopic (exact) mass is 471 g/mol. The Labute approximate surface area is 191 Å². The first-order valence-electron chi connectivity index (χ1n) is 10.8. The number of carbonyl (C=O) groups excluding carboxylic acids is 4. The third-order valence-corrected chi connectivity index (χ3v) is 6.55. The molecule has 0 aromatic carbocycles. The van der Waals surface area contributed by atoms with Gasteiger partial charge in [-0.2, -0.15) is 11.8 Å². The lowest BCUT2D eigenvalue weighted by Gasteiger charge is -2.32. The predicted molar refractivity (Wildman–Crippen MR) is 118 cm³/mol. The molecule has 6 N–H and O–H groups in total. The minimum atomic E-state index is -1.04. The fraction of sp³-hybridized carbons (Fsp3) is 0.750. The second-order valence-corrected chi connectivity index (χ2v) is 9.16. The Morgan fingerprint density at radius 2 is 1.69 bits per heavy atom. The van der Waals surface area contributed by atoms with Gasteiger partial charge in [0, 0.05) is 19.5 Å². The van der Waals surface area contributed by atoms with E-state index in [9.17, 15) is 29.1 Å². The number of hydrogen-bond acceptors (Lipinski definition) is 7. The van der Waals surface area contributed by atoms with Crippen molar-refractivity contribution in [1.82, 2.24) is 15.1 Å². The Kier molecular flexibility index (Phi) is 9.76. The van der Waals surface area contributed by atoms with Crippen molar-refractivity contribution in [3.05, 3.63) is 0 Å². The highest BCUT2D eigenvalue weighted by Crippen LogP contribution is 2.26. The number of aliphatic carboxylic acids is 1. The van der Waals surface area contributed by atoms with Gasteiger partial charge in [-0.1, -0.05) is 0 Å².